The van der Waals surface area contributed by atoms with Gasteiger partial charge in [0.05, 0.1) is 28.4 Å². The van der Waals surface area contributed by atoms with Crippen LogP contribution in [0.1, 0.15) is 23.3 Å². The first kappa shape index (κ1) is 16.3. The molecule has 22 heavy (non-hydrogen) atoms. The zero-order chi connectivity index (χ0) is 16.3. The number of halogens is 2. The molecular formula is C13H12Cl2N4O3. The van der Waals surface area contributed by atoms with Gasteiger partial charge in [-0.15, -0.1) is 0 Å². The van der Waals surface area contributed by atoms with E-state index < -0.39 is 17.9 Å². The monoisotopic (exact) mass is 342 g/mol. The van der Waals surface area contributed by atoms with E-state index in [1.165, 1.54) is 36.6 Å². The molecule has 116 valence electrons. The number of aromatic nitrogens is 3. The molecule has 1 unspecified atom stereocenters. The molecular weight excluding hydrogens is 331 g/mol. The van der Waals surface area contributed by atoms with E-state index in [9.17, 15) is 9.59 Å². The summed E-state index contributed by atoms with van der Waals surface area (Å²) >= 11 is 11.8. The molecule has 2 rings (SSSR count). The van der Waals surface area contributed by atoms with E-state index in [2.05, 4.69) is 20.1 Å². The summed E-state index contributed by atoms with van der Waals surface area (Å²) in [6, 6.07) is 2.11. The molecule has 1 aromatic heterocycles. The van der Waals surface area contributed by atoms with Crippen LogP contribution in [0.4, 0.5) is 5.69 Å². The van der Waals surface area contributed by atoms with Crippen LogP contribution in [0.3, 0.4) is 0 Å². The van der Waals surface area contributed by atoms with Crippen LogP contribution in [-0.2, 0) is 9.53 Å². The van der Waals surface area contributed by atoms with Crippen molar-refractivity contribution in [3.05, 3.63) is 40.4 Å². The Kier molecular flexibility index (Phi) is 4.99. The Hall–Kier alpha value is -2.12. The maximum absolute atomic E-state index is 12.2. The van der Waals surface area contributed by atoms with Gasteiger partial charge in [-0.3, -0.25) is 4.79 Å². The van der Waals surface area contributed by atoms with Crippen LogP contribution in [0, 0.1) is 0 Å². The van der Waals surface area contributed by atoms with Crippen molar-refractivity contribution in [3.63, 3.8) is 0 Å². The van der Waals surface area contributed by atoms with Gasteiger partial charge in [0.1, 0.15) is 18.7 Å². The third-order valence-corrected chi connectivity index (χ3v) is 3.66. The quantitative estimate of drug-likeness (QED) is 0.863. The van der Waals surface area contributed by atoms with Gasteiger partial charge in [-0.05, 0) is 19.1 Å². The van der Waals surface area contributed by atoms with Crippen LogP contribution < -0.4 is 5.32 Å². The molecule has 1 atom stereocenters. The minimum absolute atomic E-state index is 0.107. The molecule has 1 heterocycles. The Morgan fingerprint density at radius 1 is 1.32 bits per heavy atom. The zero-order valence-electron chi connectivity index (χ0n) is 11.7. The highest BCUT2D eigenvalue weighted by Crippen LogP contribution is 2.30. The summed E-state index contributed by atoms with van der Waals surface area (Å²) in [6.07, 6.45) is 2.74. The van der Waals surface area contributed by atoms with Crippen LogP contribution >= 0.6 is 23.2 Å². The summed E-state index contributed by atoms with van der Waals surface area (Å²) in [5, 5.41) is 6.89. The zero-order valence-corrected chi connectivity index (χ0v) is 13.2. The molecule has 0 fully saturated rings. The first-order valence-electron chi connectivity index (χ1n) is 6.16. The van der Waals surface area contributed by atoms with Crippen LogP contribution in [-0.4, -0.2) is 33.8 Å². The van der Waals surface area contributed by atoms with Gasteiger partial charge in [0.2, 0.25) is 5.91 Å². The third-order valence-electron chi connectivity index (χ3n) is 2.94. The Bertz CT molecular complexity index is 704. The average Bonchev–Trinajstić information content (AvgIpc) is 3.03. The number of methoxy groups -OCH3 is 1. The second kappa shape index (κ2) is 6.76. The van der Waals surface area contributed by atoms with Crippen LogP contribution in [0.25, 0.3) is 0 Å². The molecule has 0 saturated heterocycles. The van der Waals surface area contributed by atoms with Crippen molar-refractivity contribution in [2.24, 2.45) is 0 Å². The summed E-state index contributed by atoms with van der Waals surface area (Å²) < 4.78 is 6.05. The van der Waals surface area contributed by atoms with Gasteiger partial charge in [0.25, 0.3) is 0 Å². The minimum Gasteiger partial charge on any atom is -0.465 e. The van der Waals surface area contributed by atoms with Crippen molar-refractivity contribution < 1.29 is 14.3 Å². The van der Waals surface area contributed by atoms with E-state index in [1.807, 2.05) is 0 Å². The van der Waals surface area contributed by atoms with Crippen molar-refractivity contribution in [2.75, 3.05) is 12.4 Å². The molecule has 0 aliphatic carbocycles. The summed E-state index contributed by atoms with van der Waals surface area (Å²) in [6.45, 7) is 1.64. The summed E-state index contributed by atoms with van der Waals surface area (Å²) in [5.74, 6) is -1.03. The number of amides is 1. The van der Waals surface area contributed by atoms with Crippen molar-refractivity contribution in [3.8, 4) is 0 Å². The lowest BCUT2D eigenvalue weighted by Crippen LogP contribution is -2.25. The van der Waals surface area contributed by atoms with Crippen LogP contribution in [0.2, 0.25) is 10.0 Å². The lowest BCUT2D eigenvalue weighted by atomic mass is 10.1. The fraction of sp³-hybridized carbons (Fsp3) is 0.231. The topological polar surface area (TPSA) is 86.1 Å². The molecule has 7 nitrogen and oxygen atoms in total. The van der Waals surface area contributed by atoms with Crippen LogP contribution in [0.15, 0.2) is 24.8 Å². The van der Waals surface area contributed by atoms with Gasteiger partial charge < -0.3 is 10.1 Å². The normalized spacial score (nSPS) is 11.8. The molecule has 0 aliphatic rings. The van der Waals surface area contributed by atoms with Crippen LogP contribution in [0.5, 0.6) is 0 Å². The molecule has 0 radical (unpaired) electrons. The molecule has 1 aromatic carbocycles. The highest BCUT2D eigenvalue weighted by Gasteiger charge is 2.20. The van der Waals surface area contributed by atoms with E-state index in [0.717, 1.165) is 0 Å². The standard InChI is InChI=1S/C13H12Cl2N4O3/c1-7(19-6-16-5-17-19)12(20)18-11-4-10(15)9(14)3-8(11)13(21)22-2/h3-7H,1-2H3,(H,18,20). The predicted molar refractivity (Wildman–Crippen MR) is 81.2 cm³/mol. The number of rotatable bonds is 4. The molecule has 1 amide bonds. The van der Waals surface area contributed by atoms with Crippen molar-refractivity contribution in [1.29, 1.82) is 0 Å². The van der Waals surface area contributed by atoms with E-state index in [4.69, 9.17) is 23.2 Å². The second-order valence-electron chi connectivity index (χ2n) is 4.34. The number of nitrogens with zero attached hydrogens (tertiary/aromatic N) is 3. The Morgan fingerprint density at radius 2 is 2.00 bits per heavy atom. The Labute approximate surface area is 136 Å². The molecule has 0 saturated carbocycles. The average molecular weight is 343 g/mol. The van der Waals surface area contributed by atoms with E-state index in [1.54, 1.807) is 6.92 Å². The first-order valence-corrected chi connectivity index (χ1v) is 6.92. The van der Waals surface area contributed by atoms with Gasteiger partial charge in [-0.1, -0.05) is 23.2 Å². The first-order chi connectivity index (χ1) is 10.4. The number of carbonyl (C=O) groups excluding carboxylic acids is 2. The summed E-state index contributed by atoms with van der Waals surface area (Å²) in [5.41, 5.74) is 0.314. The van der Waals surface area contributed by atoms with Crippen molar-refractivity contribution in [2.45, 2.75) is 13.0 Å². The molecule has 0 aliphatic heterocycles. The predicted octanol–water partition coefficient (Wildman–Crippen LogP) is 2.57. The summed E-state index contributed by atoms with van der Waals surface area (Å²) in [7, 11) is 1.23. The van der Waals surface area contributed by atoms with E-state index in [-0.39, 0.29) is 21.3 Å². The Balaban J connectivity index is 2.30. The highest BCUT2D eigenvalue weighted by molar-refractivity contribution is 6.42. The maximum Gasteiger partial charge on any atom is 0.340 e. The number of anilines is 1. The van der Waals surface area contributed by atoms with Gasteiger partial charge in [0, 0.05) is 0 Å². The van der Waals surface area contributed by atoms with Gasteiger partial charge in [-0.25, -0.2) is 14.5 Å². The lowest BCUT2D eigenvalue weighted by Gasteiger charge is -2.15. The van der Waals surface area contributed by atoms with E-state index >= 15 is 0 Å². The minimum atomic E-state index is -0.637. The SMILES string of the molecule is COC(=O)c1cc(Cl)c(Cl)cc1NC(=O)C(C)n1cncn1. The fourth-order valence-corrected chi connectivity index (χ4v) is 2.03. The Morgan fingerprint density at radius 3 is 2.59 bits per heavy atom. The number of carbonyl (C=O) groups is 2. The van der Waals surface area contributed by atoms with E-state index in [0.29, 0.717) is 0 Å². The second-order valence-corrected chi connectivity index (χ2v) is 5.16. The molecule has 0 bridgehead atoms. The van der Waals surface area contributed by atoms with Gasteiger partial charge in [-0.2, -0.15) is 5.10 Å². The highest BCUT2D eigenvalue weighted by atomic mass is 35.5. The smallest absolute Gasteiger partial charge is 0.340 e. The van der Waals surface area contributed by atoms with Crippen molar-refractivity contribution in [1.82, 2.24) is 14.8 Å². The number of hydrogen-bond acceptors (Lipinski definition) is 5. The molecule has 9 heteroatoms. The third kappa shape index (κ3) is 3.37. The number of benzene rings is 1. The van der Waals surface area contributed by atoms with Gasteiger partial charge in [0.15, 0.2) is 0 Å². The maximum atomic E-state index is 12.2. The number of esters is 1. The molecule has 0 spiro atoms. The molecule has 2 aromatic rings. The number of ether oxygens (including phenoxy) is 1. The largest absolute Gasteiger partial charge is 0.465 e. The number of nitrogens with one attached hydrogen (secondary N) is 1. The fourth-order valence-electron chi connectivity index (χ4n) is 1.70. The number of hydrogen-bond donors (Lipinski definition) is 1. The summed E-state index contributed by atoms with van der Waals surface area (Å²) in [4.78, 5) is 27.8. The molecule has 1 N–H and O–H groups in total. The lowest BCUT2D eigenvalue weighted by molar-refractivity contribution is -0.119. The van der Waals surface area contributed by atoms with Crippen molar-refractivity contribution >= 4 is 40.8 Å². The van der Waals surface area contributed by atoms with Gasteiger partial charge >= 0.3 is 5.97 Å².